The van der Waals surface area contributed by atoms with Crippen molar-refractivity contribution in [2.75, 3.05) is 0 Å². The molecule has 1 fully saturated rings. The highest BCUT2D eigenvalue weighted by Gasteiger charge is 2.15. The van der Waals surface area contributed by atoms with Crippen molar-refractivity contribution in [3.63, 3.8) is 0 Å². The number of ether oxygens (including phenoxy) is 1. The molecule has 1 aliphatic carbocycles. The first-order chi connectivity index (χ1) is 13.1. The van der Waals surface area contributed by atoms with Crippen LogP contribution in [0.1, 0.15) is 69.2 Å². The summed E-state index contributed by atoms with van der Waals surface area (Å²) in [5.41, 5.74) is 2.50. The Morgan fingerprint density at radius 2 is 1.93 bits per heavy atom. The van der Waals surface area contributed by atoms with E-state index in [1.165, 1.54) is 19.3 Å². The largest absolute Gasteiger partial charge is 0.474 e. The third kappa shape index (κ3) is 6.90. The van der Waals surface area contributed by atoms with Gasteiger partial charge in [0.2, 0.25) is 5.88 Å². The lowest BCUT2D eigenvalue weighted by Gasteiger charge is -2.22. The molecule has 1 aliphatic rings. The summed E-state index contributed by atoms with van der Waals surface area (Å²) in [4.78, 5) is 16.1. The summed E-state index contributed by atoms with van der Waals surface area (Å²) in [6.07, 6.45) is 13.2. The Labute approximate surface area is 163 Å². The summed E-state index contributed by atoms with van der Waals surface area (Å²) in [5.74, 6) is 3.26. The third-order valence-corrected chi connectivity index (χ3v) is 4.52. The molecule has 0 spiro atoms. The minimum absolute atomic E-state index is 0.0662. The van der Waals surface area contributed by atoms with Gasteiger partial charge >= 0.3 is 0 Å². The molecule has 0 aliphatic heterocycles. The van der Waals surface area contributed by atoms with Crippen molar-refractivity contribution in [2.45, 2.75) is 64.9 Å². The predicted molar refractivity (Wildman–Crippen MR) is 111 cm³/mol. The molecular weight excluding hydrogens is 334 g/mol. The van der Waals surface area contributed by atoms with Gasteiger partial charge in [-0.15, -0.1) is 12.3 Å². The van der Waals surface area contributed by atoms with Crippen molar-refractivity contribution >= 4 is 5.78 Å². The summed E-state index contributed by atoms with van der Waals surface area (Å²) >= 11 is 0. The van der Waals surface area contributed by atoms with E-state index in [0.717, 1.165) is 36.9 Å². The minimum atomic E-state index is 0.0662. The van der Waals surface area contributed by atoms with Gasteiger partial charge in [-0.3, -0.25) is 4.79 Å². The van der Waals surface area contributed by atoms with E-state index < -0.39 is 0 Å². The number of hydrogen-bond donors (Lipinski definition) is 0. The Kier molecular flexibility index (Phi) is 8.58. The number of benzene rings is 1. The number of terminal acetylenes is 1. The fraction of sp³-hybridized carbons (Fsp3) is 0.417. The molecule has 0 bridgehead atoms. The van der Waals surface area contributed by atoms with Gasteiger partial charge in [0.1, 0.15) is 6.10 Å². The topological polar surface area (TPSA) is 39.2 Å². The molecule has 27 heavy (non-hydrogen) atoms. The number of aromatic nitrogens is 1. The van der Waals surface area contributed by atoms with E-state index in [1.807, 2.05) is 42.5 Å². The Balaban J connectivity index is 0.000000465. The maximum absolute atomic E-state index is 11.5. The van der Waals surface area contributed by atoms with E-state index in [1.54, 1.807) is 6.92 Å². The van der Waals surface area contributed by atoms with Crippen molar-refractivity contribution < 1.29 is 9.53 Å². The molecule has 0 amide bonds. The molecule has 1 saturated carbocycles. The van der Waals surface area contributed by atoms with E-state index in [9.17, 15) is 4.79 Å². The van der Waals surface area contributed by atoms with Crippen molar-refractivity contribution in [3.05, 3.63) is 48.0 Å². The first-order valence-corrected chi connectivity index (χ1v) is 9.82. The van der Waals surface area contributed by atoms with E-state index in [4.69, 9.17) is 11.2 Å². The average molecular weight is 364 g/mol. The second-order valence-corrected chi connectivity index (χ2v) is 6.83. The van der Waals surface area contributed by atoms with Crippen LogP contribution in [0.2, 0.25) is 0 Å². The Hall–Kier alpha value is -2.60. The Bertz CT molecular complexity index is 770. The van der Waals surface area contributed by atoms with Crippen LogP contribution in [0.5, 0.6) is 5.88 Å². The number of Topliss-reactive ketones (excluding diaryl/α,β-unsaturated/α-hetero) is 1. The number of unbranched alkanes of at least 4 members (excludes halogenated alkanes) is 1. The lowest BCUT2D eigenvalue weighted by atomic mass is 9.98. The maximum atomic E-state index is 11.5. The van der Waals surface area contributed by atoms with Crippen molar-refractivity contribution in [3.8, 4) is 29.5 Å². The first-order valence-electron chi connectivity index (χ1n) is 9.82. The van der Waals surface area contributed by atoms with Crippen LogP contribution in [0.3, 0.4) is 0 Å². The predicted octanol–water partition coefficient (Wildman–Crippen LogP) is 6.08. The molecule has 3 heteroatoms. The number of nitrogens with zero attached hydrogens (tertiary/aromatic N) is 1. The van der Waals surface area contributed by atoms with Gasteiger partial charge in [0, 0.05) is 23.6 Å². The SMILES string of the molecule is C#CCCC.CC(=O)c1cccc(-c2cccc(OC3CCCCC3)n2)c1. The average Bonchev–Trinajstić information content (AvgIpc) is 2.70. The zero-order valence-corrected chi connectivity index (χ0v) is 16.4. The summed E-state index contributed by atoms with van der Waals surface area (Å²) in [7, 11) is 0. The van der Waals surface area contributed by atoms with Gasteiger partial charge in [0.05, 0.1) is 5.69 Å². The normalized spacial score (nSPS) is 13.8. The van der Waals surface area contributed by atoms with E-state index in [2.05, 4.69) is 17.8 Å². The number of pyridine rings is 1. The molecule has 2 aromatic rings. The van der Waals surface area contributed by atoms with Crippen LogP contribution >= 0.6 is 0 Å². The number of hydrogen-bond acceptors (Lipinski definition) is 3. The molecule has 1 aromatic carbocycles. The summed E-state index contributed by atoms with van der Waals surface area (Å²) in [6, 6.07) is 13.4. The summed E-state index contributed by atoms with van der Waals surface area (Å²) < 4.78 is 6.02. The molecule has 0 unspecified atom stereocenters. The highest BCUT2D eigenvalue weighted by molar-refractivity contribution is 5.95. The molecule has 142 valence electrons. The molecular formula is C24H29NO2. The Morgan fingerprint density at radius 1 is 1.19 bits per heavy atom. The van der Waals surface area contributed by atoms with Gasteiger partial charge in [-0.25, -0.2) is 4.98 Å². The second-order valence-electron chi connectivity index (χ2n) is 6.83. The lowest BCUT2D eigenvalue weighted by Crippen LogP contribution is -2.20. The van der Waals surface area contributed by atoms with E-state index in [-0.39, 0.29) is 5.78 Å². The van der Waals surface area contributed by atoms with Gasteiger partial charge in [-0.2, -0.15) is 0 Å². The fourth-order valence-corrected chi connectivity index (χ4v) is 3.04. The molecule has 3 nitrogen and oxygen atoms in total. The quantitative estimate of drug-likeness (QED) is 0.477. The van der Waals surface area contributed by atoms with Crippen molar-refractivity contribution in [1.29, 1.82) is 0 Å². The van der Waals surface area contributed by atoms with Gasteiger partial charge in [-0.1, -0.05) is 37.6 Å². The van der Waals surface area contributed by atoms with Gasteiger partial charge in [-0.05, 0) is 51.2 Å². The molecule has 1 aromatic heterocycles. The van der Waals surface area contributed by atoms with E-state index in [0.29, 0.717) is 17.5 Å². The maximum Gasteiger partial charge on any atom is 0.214 e. The van der Waals surface area contributed by atoms with Gasteiger partial charge < -0.3 is 4.74 Å². The molecule has 0 saturated heterocycles. The second kappa shape index (κ2) is 11.2. The summed E-state index contributed by atoms with van der Waals surface area (Å²) in [5, 5.41) is 0. The van der Waals surface area contributed by atoms with Crippen molar-refractivity contribution in [2.24, 2.45) is 0 Å². The standard InChI is InChI=1S/C19H21NO2.C5H8/c1-14(21)15-7-5-8-16(13-15)18-11-6-12-19(20-18)22-17-9-3-2-4-10-17;1-3-5-4-2/h5-8,11-13,17H,2-4,9-10H2,1H3;1H,4-5H2,2H3. The number of carbonyl (C=O) groups excluding carboxylic acids is 1. The van der Waals surface area contributed by atoms with Crippen LogP contribution in [0.4, 0.5) is 0 Å². The van der Waals surface area contributed by atoms with Crippen LogP contribution < -0.4 is 4.74 Å². The highest BCUT2D eigenvalue weighted by atomic mass is 16.5. The number of rotatable bonds is 5. The van der Waals surface area contributed by atoms with Gasteiger partial charge in [0.25, 0.3) is 0 Å². The molecule has 0 radical (unpaired) electrons. The van der Waals surface area contributed by atoms with E-state index >= 15 is 0 Å². The molecule has 1 heterocycles. The van der Waals surface area contributed by atoms with Crippen LogP contribution in [-0.4, -0.2) is 16.9 Å². The summed E-state index contributed by atoms with van der Waals surface area (Å²) in [6.45, 7) is 3.65. The first kappa shape index (κ1) is 20.7. The third-order valence-electron chi connectivity index (χ3n) is 4.52. The zero-order valence-electron chi connectivity index (χ0n) is 16.4. The van der Waals surface area contributed by atoms with Crippen LogP contribution in [0.25, 0.3) is 11.3 Å². The van der Waals surface area contributed by atoms with Gasteiger partial charge in [0.15, 0.2) is 5.78 Å². The molecule has 0 atom stereocenters. The fourth-order valence-electron chi connectivity index (χ4n) is 3.04. The minimum Gasteiger partial charge on any atom is -0.474 e. The smallest absolute Gasteiger partial charge is 0.214 e. The zero-order chi connectivity index (χ0) is 19.5. The number of ketones is 1. The highest BCUT2D eigenvalue weighted by Crippen LogP contribution is 2.25. The Morgan fingerprint density at radius 3 is 2.56 bits per heavy atom. The molecule has 3 rings (SSSR count). The van der Waals surface area contributed by atoms with Crippen LogP contribution in [0, 0.1) is 12.3 Å². The van der Waals surface area contributed by atoms with Crippen molar-refractivity contribution in [1.82, 2.24) is 4.98 Å². The lowest BCUT2D eigenvalue weighted by molar-refractivity contribution is 0.101. The number of carbonyl (C=O) groups is 1. The monoisotopic (exact) mass is 363 g/mol. The van der Waals surface area contributed by atoms with Crippen LogP contribution in [-0.2, 0) is 0 Å². The molecule has 0 N–H and O–H groups in total. The van der Waals surface area contributed by atoms with Crippen LogP contribution in [0.15, 0.2) is 42.5 Å².